The highest BCUT2D eigenvalue weighted by molar-refractivity contribution is 6.23. The number of aliphatic carboxylic acids is 1. The van der Waals surface area contributed by atoms with Crippen LogP contribution < -0.4 is 10.6 Å². The van der Waals surface area contributed by atoms with Crippen LogP contribution in [0.2, 0.25) is 0 Å². The number of benzene rings is 1. The molecular weight excluding hydrogens is 354 g/mol. The van der Waals surface area contributed by atoms with Crippen LogP contribution in [-0.4, -0.2) is 51.7 Å². The van der Waals surface area contributed by atoms with Crippen LogP contribution in [-0.2, 0) is 14.4 Å². The molecule has 3 N–H and O–H groups in total. The molecule has 1 aromatic rings. The average Bonchev–Trinajstić information content (AvgIpc) is 2.86. The molecule has 142 valence electrons. The summed E-state index contributed by atoms with van der Waals surface area (Å²) < 4.78 is 0. The molecule has 9 nitrogen and oxygen atoms in total. The number of carboxylic acids is 1. The summed E-state index contributed by atoms with van der Waals surface area (Å²) in [6.07, 6.45) is 1.20. The number of carbonyl (C=O) groups is 5. The number of hydrogen-bond donors (Lipinski definition) is 3. The lowest BCUT2D eigenvalue weighted by atomic mass is 10.0. The zero-order valence-electron chi connectivity index (χ0n) is 14.7. The Morgan fingerprint density at radius 1 is 1.26 bits per heavy atom. The molecule has 0 saturated carbocycles. The highest BCUT2D eigenvalue weighted by atomic mass is 16.4. The van der Waals surface area contributed by atoms with Crippen molar-refractivity contribution in [2.24, 2.45) is 0 Å². The van der Waals surface area contributed by atoms with Crippen molar-refractivity contribution in [3.05, 3.63) is 29.3 Å². The van der Waals surface area contributed by atoms with Crippen molar-refractivity contribution in [1.82, 2.24) is 10.2 Å². The van der Waals surface area contributed by atoms with E-state index in [1.165, 1.54) is 18.2 Å². The van der Waals surface area contributed by atoms with E-state index < -0.39 is 41.7 Å². The van der Waals surface area contributed by atoms with Crippen LogP contribution >= 0.6 is 0 Å². The SMILES string of the molecule is CCCC(Nc1ccc2c(c1)C(=O)N(C1CCC(=O)NC1=O)C2=O)C(=O)O. The first-order chi connectivity index (χ1) is 12.8. The smallest absolute Gasteiger partial charge is 0.326 e. The van der Waals surface area contributed by atoms with E-state index in [1.54, 1.807) is 0 Å². The highest BCUT2D eigenvalue weighted by Crippen LogP contribution is 2.29. The number of carboxylic acid groups (broad SMARTS) is 1. The summed E-state index contributed by atoms with van der Waals surface area (Å²) in [6, 6.07) is 2.55. The minimum absolute atomic E-state index is 0.0495. The lowest BCUT2D eigenvalue weighted by Gasteiger charge is -2.27. The van der Waals surface area contributed by atoms with Crippen LogP contribution in [0.25, 0.3) is 0 Å². The average molecular weight is 373 g/mol. The van der Waals surface area contributed by atoms with Crippen molar-refractivity contribution in [1.29, 1.82) is 0 Å². The van der Waals surface area contributed by atoms with Crippen LogP contribution in [0, 0.1) is 0 Å². The molecule has 1 saturated heterocycles. The predicted molar refractivity (Wildman–Crippen MR) is 93.1 cm³/mol. The van der Waals surface area contributed by atoms with Crippen LogP contribution in [0.4, 0.5) is 5.69 Å². The Morgan fingerprint density at radius 3 is 2.59 bits per heavy atom. The molecule has 0 aromatic heterocycles. The molecule has 4 amide bonds. The molecule has 0 bridgehead atoms. The first-order valence-electron chi connectivity index (χ1n) is 8.68. The van der Waals surface area contributed by atoms with E-state index in [0.29, 0.717) is 18.5 Å². The van der Waals surface area contributed by atoms with Gasteiger partial charge in [-0.25, -0.2) is 4.79 Å². The summed E-state index contributed by atoms with van der Waals surface area (Å²) in [7, 11) is 0. The Balaban J connectivity index is 1.85. The number of piperidine rings is 1. The fourth-order valence-corrected chi connectivity index (χ4v) is 3.31. The molecule has 1 aromatic carbocycles. The molecule has 2 aliphatic heterocycles. The van der Waals surface area contributed by atoms with Gasteiger partial charge in [-0.2, -0.15) is 0 Å². The summed E-state index contributed by atoms with van der Waals surface area (Å²) in [6.45, 7) is 1.86. The third-order valence-electron chi connectivity index (χ3n) is 4.66. The highest BCUT2D eigenvalue weighted by Gasteiger charge is 2.44. The molecule has 2 unspecified atom stereocenters. The van der Waals surface area contributed by atoms with Gasteiger partial charge in [-0.3, -0.25) is 29.4 Å². The van der Waals surface area contributed by atoms with Crippen molar-refractivity contribution >= 4 is 35.3 Å². The fourth-order valence-electron chi connectivity index (χ4n) is 3.31. The second kappa shape index (κ2) is 7.18. The lowest BCUT2D eigenvalue weighted by molar-refractivity contribution is -0.138. The number of carbonyl (C=O) groups excluding carboxylic acids is 4. The van der Waals surface area contributed by atoms with E-state index >= 15 is 0 Å². The Hall–Kier alpha value is -3.23. The van der Waals surface area contributed by atoms with Gasteiger partial charge in [0.2, 0.25) is 11.8 Å². The maximum absolute atomic E-state index is 12.7. The van der Waals surface area contributed by atoms with E-state index in [-0.39, 0.29) is 24.0 Å². The van der Waals surface area contributed by atoms with Crippen molar-refractivity contribution in [2.75, 3.05) is 5.32 Å². The van der Waals surface area contributed by atoms with Crippen molar-refractivity contribution < 1.29 is 29.1 Å². The molecule has 2 aliphatic rings. The molecule has 3 rings (SSSR count). The van der Waals surface area contributed by atoms with Crippen LogP contribution in [0.15, 0.2) is 18.2 Å². The van der Waals surface area contributed by atoms with E-state index in [1.807, 2.05) is 6.92 Å². The van der Waals surface area contributed by atoms with E-state index in [2.05, 4.69) is 10.6 Å². The number of rotatable bonds is 6. The number of nitrogens with zero attached hydrogens (tertiary/aromatic N) is 1. The first kappa shape index (κ1) is 18.6. The van der Waals surface area contributed by atoms with Gasteiger partial charge >= 0.3 is 5.97 Å². The molecule has 2 atom stereocenters. The Kier molecular flexibility index (Phi) is 4.93. The number of imide groups is 2. The minimum Gasteiger partial charge on any atom is -0.480 e. The molecule has 0 radical (unpaired) electrons. The standard InChI is InChI=1S/C18H19N3O6/c1-2-3-12(18(26)27)19-9-4-5-10-11(8-9)17(25)21(16(10)24)13-6-7-14(22)20-15(13)23/h4-5,8,12-13,19H,2-3,6-7H2,1H3,(H,26,27)(H,20,22,23). The van der Waals surface area contributed by atoms with Gasteiger partial charge in [-0.15, -0.1) is 0 Å². The maximum Gasteiger partial charge on any atom is 0.326 e. The van der Waals surface area contributed by atoms with Crippen molar-refractivity contribution in [3.63, 3.8) is 0 Å². The van der Waals surface area contributed by atoms with Gasteiger partial charge < -0.3 is 10.4 Å². The normalized spacial score (nSPS) is 20.3. The summed E-state index contributed by atoms with van der Waals surface area (Å²) in [5.74, 6) is -3.34. The Morgan fingerprint density at radius 2 is 1.96 bits per heavy atom. The number of amides is 4. The molecule has 2 heterocycles. The van der Waals surface area contributed by atoms with E-state index in [9.17, 15) is 29.1 Å². The molecular formula is C18H19N3O6. The largest absolute Gasteiger partial charge is 0.480 e. The van der Waals surface area contributed by atoms with Gasteiger partial charge in [0.1, 0.15) is 12.1 Å². The quantitative estimate of drug-likeness (QED) is 0.627. The van der Waals surface area contributed by atoms with Crippen LogP contribution in [0.3, 0.4) is 0 Å². The predicted octanol–water partition coefficient (Wildman–Crippen LogP) is 0.753. The van der Waals surface area contributed by atoms with Gasteiger partial charge in [-0.1, -0.05) is 13.3 Å². The molecule has 1 fully saturated rings. The van der Waals surface area contributed by atoms with E-state index in [0.717, 1.165) is 4.90 Å². The summed E-state index contributed by atoms with van der Waals surface area (Å²) >= 11 is 0. The second-order valence-electron chi connectivity index (χ2n) is 6.53. The van der Waals surface area contributed by atoms with Crippen LogP contribution in [0.1, 0.15) is 53.3 Å². The summed E-state index contributed by atoms with van der Waals surface area (Å²) in [5.41, 5.74) is 0.661. The zero-order chi connectivity index (χ0) is 19.7. The third-order valence-corrected chi connectivity index (χ3v) is 4.66. The van der Waals surface area contributed by atoms with E-state index in [4.69, 9.17) is 0 Å². The second-order valence-corrected chi connectivity index (χ2v) is 6.53. The van der Waals surface area contributed by atoms with Crippen molar-refractivity contribution in [3.8, 4) is 0 Å². The molecule has 9 heteroatoms. The Bertz CT molecular complexity index is 849. The number of fused-ring (bicyclic) bond motifs is 1. The third kappa shape index (κ3) is 3.40. The zero-order valence-corrected chi connectivity index (χ0v) is 14.7. The van der Waals surface area contributed by atoms with Crippen LogP contribution in [0.5, 0.6) is 0 Å². The van der Waals surface area contributed by atoms with Crippen molar-refractivity contribution in [2.45, 2.75) is 44.7 Å². The van der Waals surface area contributed by atoms with Gasteiger partial charge in [0, 0.05) is 12.1 Å². The lowest BCUT2D eigenvalue weighted by Crippen LogP contribution is -2.54. The minimum atomic E-state index is -1.03. The van der Waals surface area contributed by atoms with Gasteiger partial charge in [0.05, 0.1) is 11.1 Å². The van der Waals surface area contributed by atoms with Gasteiger partial charge in [-0.05, 0) is 31.0 Å². The number of hydrogen-bond acceptors (Lipinski definition) is 6. The number of anilines is 1. The molecule has 0 spiro atoms. The maximum atomic E-state index is 12.7. The summed E-state index contributed by atoms with van der Waals surface area (Å²) in [4.78, 5) is 60.8. The monoisotopic (exact) mass is 373 g/mol. The first-order valence-corrected chi connectivity index (χ1v) is 8.68. The molecule has 27 heavy (non-hydrogen) atoms. The van der Waals surface area contributed by atoms with Gasteiger partial charge in [0.25, 0.3) is 11.8 Å². The topological polar surface area (TPSA) is 133 Å². The Labute approximate surface area is 154 Å². The van der Waals surface area contributed by atoms with Gasteiger partial charge in [0.15, 0.2) is 0 Å². The fraction of sp³-hybridized carbons (Fsp3) is 0.389. The number of nitrogens with one attached hydrogen (secondary N) is 2. The molecule has 0 aliphatic carbocycles. The summed E-state index contributed by atoms with van der Waals surface area (Å²) in [5, 5.41) is 14.2.